The van der Waals surface area contributed by atoms with Crippen LogP contribution in [0.4, 0.5) is 0 Å². The molecule has 0 spiro atoms. The molecular weight excluding hydrogens is 190 g/mol. The van der Waals surface area contributed by atoms with E-state index in [9.17, 15) is 4.79 Å². The average molecular weight is 207 g/mol. The molecule has 3 nitrogen and oxygen atoms in total. The first-order valence-electron chi connectivity index (χ1n) is 5.15. The van der Waals surface area contributed by atoms with Crippen LogP contribution in [0.2, 0.25) is 0 Å². The van der Waals surface area contributed by atoms with Gasteiger partial charge in [0.15, 0.2) is 0 Å². The van der Waals surface area contributed by atoms with Gasteiger partial charge in [-0.15, -0.1) is 0 Å². The van der Waals surface area contributed by atoms with Crippen molar-refractivity contribution in [2.75, 3.05) is 6.61 Å². The number of carbonyl (C=O) groups is 1. The van der Waals surface area contributed by atoms with E-state index in [1.54, 1.807) is 13.1 Å². The van der Waals surface area contributed by atoms with Crippen LogP contribution in [0.25, 0.3) is 0 Å². The summed E-state index contributed by atoms with van der Waals surface area (Å²) in [7, 11) is 0. The monoisotopic (exact) mass is 207 g/mol. The van der Waals surface area contributed by atoms with Crippen molar-refractivity contribution in [3.63, 3.8) is 0 Å². The normalized spacial score (nSPS) is 10.4. The second-order valence-electron chi connectivity index (χ2n) is 4.09. The third kappa shape index (κ3) is 4.58. The van der Waals surface area contributed by atoms with Crippen LogP contribution in [0.3, 0.4) is 0 Å². The molecule has 0 unspecified atom stereocenters. The smallest absolute Gasteiger partial charge is 0.213 e. The zero-order valence-electron chi connectivity index (χ0n) is 9.49. The summed E-state index contributed by atoms with van der Waals surface area (Å²) >= 11 is 0. The lowest BCUT2D eigenvalue weighted by Crippen LogP contribution is -2.06. The van der Waals surface area contributed by atoms with Crippen molar-refractivity contribution in [3.8, 4) is 5.88 Å². The lowest BCUT2D eigenvalue weighted by Gasteiger charge is -2.08. The molecule has 0 aromatic carbocycles. The molecule has 15 heavy (non-hydrogen) atoms. The van der Waals surface area contributed by atoms with Gasteiger partial charge in [0.05, 0.1) is 6.61 Å². The molecule has 1 aromatic heterocycles. The number of pyridine rings is 1. The Balaban J connectivity index is 2.61. The number of hydrogen-bond acceptors (Lipinski definition) is 3. The maximum absolute atomic E-state index is 10.9. The SMILES string of the molecule is CC(=O)Cc1ccnc(OCC(C)C)c1. The number of nitrogens with zero attached hydrogens (tertiary/aromatic N) is 1. The molecule has 0 saturated carbocycles. The Morgan fingerprint density at radius 1 is 1.53 bits per heavy atom. The Labute approximate surface area is 90.5 Å². The Kier molecular flexibility index (Phi) is 4.28. The zero-order chi connectivity index (χ0) is 11.3. The van der Waals surface area contributed by atoms with Gasteiger partial charge in [-0.25, -0.2) is 4.98 Å². The number of Topliss-reactive ketones (excluding diaryl/α,β-unsaturated/α-hetero) is 1. The van der Waals surface area contributed by atoms with Crippen molar-refractivity contribution in [3.05, 3.63) is 23.9 Å². The van der Waals surface area contributed by atoms with Gasteiger partial charge in [0, 0.05) is 18.7 Å². The molecule has 3 heteroatoms. The fraction of sp³-hybridized carbons (Fsp3) is 0.500. The van der Waals surface area contributed by atoms with Gasteiger partial charge in [-0.2, -0.15) is 0 Å². The number of carbonyl (C=O) groups excluding carboxylic acids is 1. The van der Waals surface area contributed by atoms with E-state index in [1.165, 1.54) is 0 Å². The van der Waals surface area contributed by atoms with Gasteiger partial charge in [0.2, 0.25) is 5.88 Å². The van der Waals surface area contributed by atoms with E-state index in [-0.39, 0.29) is 5.78 Å². The molecule has 0 aliphatic carbocycles. The second kappa shape index (κ2) is 5.49. The molecule has 0 atom stereocenters. The molecule has 0 aliphatic rings. The molecule has 0 radical (unpaired) electrons. The van der Waals surface area contributed by atoms with Crippen LogP contribution in [0.1, 0.15) is 26.3 Å². The van der Waals surface area contributed by atoms with Gasteiger partial charge < -0.3 is 4.74 Å². The van der Waals surface area contributed by atoms with E-state index < -0.39 is 0 Å². The minimum atomic E-state index is 0.149. The lowest BCUT2D eigenvalue weighted by molar-refractivity contribution is -0.116. The first-order chi connectivity index (χ1) is 7.08. The molecule has 0 bridgehead atoms. The van der Waals surface area contributed by atoms with E-state index in [4.69, 9.17) is 4.74 Å². The molecular formula is C12H17NO2. The number of ketones is 1. The van der Waals surface area contributed by atoms with Gasteiger partial charge >= 0.3 is 0 Å². The Morgan fingerprint density at radius 3 is 2.87 bits per heavy atom. The Hall–Kier alpha value is -1.38. The van der Waals surface area contributed by atoms with Crippen LogP contribution in [-0.4, -0.2) is 17.4 Å². The minimum Gasteiger partial charge on any atom is -0.477 e. The summed E-state index contributed by atoms with van der Waals surface area (Å²) < 4.78 is 5.47. The first-order valence-corrected chi connectivity index (χ1v) is 5.15. The minimum absolute atomic E-state index is 0.149. The third-order valence-corrected chi connectivity index (χ3v) is 1.82. The molecule has 0 aliphatic heterocycles. The van der Waals surface area contributed by atoms with E-state index in [2.05, 4.69) is 18.8 Å². The number of aromatic nitrogens is 1. The summed E-state index contributed by atoms with van der Waals surface area (Å²) in [6, 6.07) is 3.66. The van der Waals surface area contributed by atoms with Crippen molar-refractivity contribution < 1.29 is 9.53 Å². The number of ether oxygens (including phenoxy) is 1. The van der Waals surface area contributed by atoms with Crippen molar-refractivity contribution in [2.24, 2.45) is 5.92 Å². The van der Waals surface area contributed by atoms with Crippen LogP contribution in [-0.2, 0) is 11.2 Å². The second-order valence-corrected chi connectivity index (χ2v) is 4.09. The summed E-state index contributed by atoms with van der Waals surface area (Å²) in [6.45, 7) is 6.39. The fourth-order valence-corrected chi connectivity index (χ4v) is 1.18. The van der Waals surface area contributed by atoms with E-state index in [0.29, 0.717) is 24.8 Å². The predicted octanol–water partition coefficient (Wildman–Crippen LogP) is 2.25. The van der Waals surface area contributed by atoms with E-state index in [1.807, 2.05) is 12.1 Å². The van der Waals surface area contributed by atoms with Crippen molar-refractivity contribution in [1.82, 2.24) is 4.98 Å². The first kappa shape index (κ1) is 11.7. The topological polar surface area (TPSA) is 39.2 Å². The number of hydrogen-bond donors (Lipinski definition) is 0. The molecule has 1 rings (SSSR count). The van der Waals surface area contributed by atoms with Gasteiger partial charge in [-0.05, 0) is 24.5 Å². The third-order valence-electron chi connectivity index (χ3n) is 1.82. The number of rotatable bonds is 5. The Bertz CT molecular complexity index is 334. The van der Waals surface area contributed by atoms with Crippen molar-refractivity contribution in [2.45, 2.75) is 27.2 Å². The quantitative estimate of drug-likeness (QED) is 0.743. The highest BCUT2D eigenvalue weighted by atomic mass is 16.5. The summed E-state index contributed by atoms with van der Waals surface area (Å²) in [5.74, 6) is 1.22. The average Bonchev–Trinajstić information content (AvgIpc) is 2.14. The van der Waals surface area contributed by atoms with Crippen LogP contribution in [0.5, 0.6) is 5.88 Å². The molecule has 0 N–H and O–H groups in total. The highest BCUT2D eigenvalue weighted by Gasteiger charge is 2.02. The maximum Gasteiger partial charge on any atom is 0.213 e. The molecule has 1 aromatic rings. The van der Waals surface area contributed by atoms with Crippen LogP contribution in [0, 0.1) is 5.92 Å². The van der Waals surface area contributed by atoms with Crippen LogP contribution >= 0.6 is 0 Å². The van der Waals surface area contributed by atoms with Gasteiger partial charge in [-0.3, -0.25) is 4.79 Å². The van der Waals surface area contributed by atoms with Crippen LogP contribution in [0.15, 0.2) is 18.3 Å². The zero-order valence-corrected chi connectivity index (χ0v) is 9.49. The highest BCUT2D eigenvalue weighted by Crippen LogP contribution is 2.11. The van der Waals surface area contributed by atoms with Gasteiger partial charge in [0.25, 0.3) is 0 Å². The maximum atomic E-state index is 10.9. The summed E-state index contributed by atoms with van der Waals surface area (Å²) in [6.07, 6.45) is 2.12. The van der Waals surface area contributed by atoms with Gasteiger partial charge in [-0.1, -0.05) is 13.8 Å². The van der Waals surface area contributed by atoms with Crippen molar-refractivity contribution >= 4 is 5.78 Å². The fourth-order valence-electron chi connectivity index (χ4n) is 1.18. The predicted molar refractivity (Wildman–Crippen MR) is 59.0 cm³/mol. The molecule has 82 valence electrons. The lowest BCUT2D eigenvalue weighted by atomic mass is 10.1. The largest absolute Gasteiger partial charge is 0.477 e. The highest BCUT2D eigenvalue weighted by molar-refractivity contribution is 5.78. The molecule has 0 amide bonds. The molecule has 0 saturated heterocycles. The summed E-state index contributed by atoms with van der Waals surface area (Å²) in [5.41, 5.74) is 0.955. The standard InChI is InChI=1S/C12H17NO2/c1-9(2)8-15-12-7-11(4-5-13-12)6-10(3)14/h4-5,7,9H,6,8H2,1-3H3. The Morgan fingerprint density at radius 2 is 2.27 bits per heavy atom. The molecule has 1 heterocycles. The van der Waals surface area contributed by atoms with Crippen molar-refractivity contribution in [1.29, 1.82) is 0 Å². The van der Waals surface area contributed by atoms with E-state index >= 15 is 0 Å². The van der Waals surface area contributed by atoms with E-state index in [0.717, 1.165) is 5.56 Å². The van der Waals surface area contributed by atoms with Crippen LogP contribution < -0.4 is 4.74 Å². The summed E-state index contributed by atoms with van der Waals surface area (Å²) in [5, 5.41) is 0. The van der Waals surface area contributed by atoms with Gasteiger partial charge in [0.1, 0.15) is 5.78 Å². The molecule has 0 fully saturated rings. The summed E-state index contributed by atoms with van der Waals surface area (Å²) in [4.78, 5) is 15.0.